The van der Waals surface area contributed by atoms with Crippen LogP contribution in [-0.4, -0.2) is 9.55 Å². The van der Waals surface area contributed by atoms with Gasteiger partial charge in [0.1, 0.15) is 17.5 Å². The van der Waals surface area contributed by atoms with Crippen molar-refractivity contribution in [2.24, 2.45) is 0 Å². The van der Waals surface area contributed by atoms with E-state index in [4.69, 9.17) is 0 Å². The first kappa shape index (κ1) is 16.1. The molecule has 4 aromatic rings. The van der Waals surface area contributed by atoms with Crippen molar-refractivity contribution in [3.8, 4) is 11.4 Å². The smallest absolute Gasteiger partial charge is 0.261 e. The largest absolute Gasteiger partial charge is 0.287 e. The van der Waals surface area contributed by atoms with Gasteiger partial charge in [-0.3, -0.25) is 9.36 Å². The number of aromatic nitrogens is 2. The zero-order chi connectivity index (χ0) is 18.1. The minimum Gasteiger partial charge on any atom is -0.287 e. The lowest BCUT2D eigenvalue weighted by Crippen LogP contribution is -2.24. The molecule has 0 spiro atoms. The highest BCUT2D eigenvalue weighted by molar-refractivity contribution is 5.79. The molecule has 0 aliphatic carbocycles. The summed E-state index contributed by atoms with van der Waals surface area (Å²) in [5.74, 6) is -0.737. The summed E-state index contributed by atoms with van der Waals surface area (Å²) in [5.41, 5.74) is 0.675. The summed E-state index contributed by atoms with van der Waals surface area (Å²) >= 11 is 0. The van der Waals surface area contributed by atoms with Crippen molar-refractivity contribution in [3.63, 3.8) is 0 Å². The molecule has 0 saturated carbocycles. The van der Waals surface area contributed by atoms with Gasteiger partial charge in [0, 0.05) is 5.56 Å². The standard InChI is InChI=1S/C21H14F2N2O/c22-17-10-4-1-7-14(17)13-25-20(15-8-2-5-11-18(15)23)24-19-12-6-3-9-16(19)21(25)26/h1-12H,13H2. The van der Waals surface area contributed by atoms with Crippen molar-refractivity contribution < 1.29 is 8.78 Å². The monoisotopic (exact) mass is 348 g/mol. The molecule has 4 rings (SSSR count). The predicted molar refractivity (Wildman–Crippen MR) is 96.9 cm³/mol. The highest BCUT2D eigenvalue weighted by Gasteiger charge is 2.16. The van der Waals surface area contributed by atoms with Crippen LogP contribution in [0.1, 0.15) is 5.56 Å². The van der Waals surface area contributed by atoms with Crippen LogP contribution in [0.4, 0.5) is 8.78 Å². The zero-order valence-corrected chi connectivity index (χ0v) is 13.7. The molecule has 128 valence electrons. The van der Waals surface area contributed by atoms with Crippen molar-refractivity contribution >= 4 is 10.9 Å². The third-order valence-electron chi connectivity index (χ3n) is 4.26. The van der Waals surface area contributed by atoms with E-state index in [1.807, 2.05) is 0 Å². The van der Waals surface area contributed by atoms with Gasteiger partial charge in [0.05, 0.1) is 23.0 Å². The first-order chi connectivity index (χ1) is 12.6. The molecule has 0 radical (unpaired) electrons. The summed E-state index contributed by atoms with van der Waals surface area (Å²) in [4.78, 5) is 17.5. The van der Waals surface area contributed by atoms with Gasteiger partial charge in [-0.25, -0.2) is 13.8 Å². The molecular weight excluding hydrogens is 334 g/mol. The van der Waals surface area contributed by atoms with Gasteiger partial charge in [-0.2, -0.15) is 0 Å². The molecule has 0 aliphatic heterocycles. The number of hydrogen-bond acceptors (Lipinski definition) is 2. The fraction of sp³-hybridized carbons (Fsp3) is 0.0476. The van der Waals surface area contributed by atoms with E-state index in [-0.39, 0.29) is 23.5 Å². The fourth-order valence-electron chi connectivity index (χ4n) is 2.96. The van der Waals surface area contributed by atoms with Crippen LogP contribution < -0.4 is 5.56 Å². The van der Waals surface area contributed by atoms with Crippen molar-refractivity contribution in [2.75, 3.05) is 0 Å². The molecule has 0 atom stereocenters. The van der Waals surface area contributed by atoms with E-state index in [1.54, 1.807) is 60.7 Å². The second kappa shape index (κ2) is 6.52. The Balaban J connectivity index is 2.02. The number of benzene rings is 3. The summed E-state index contributed by atoms with van der Waals surface area (Å²) in [5, 5.41) is 0.406. The summed E-state index contributed by atoms with van der Waals surface area (Å²) in [6, 6.07) is 19.2. The first-order valence-corrected chi connectivity index (χ1v) is 8.13. The number of halogens is 2. The van der Waals surface area contributed by atoms with Crippen LogP contribution in [0.2, 0.25) is 0 Å². The van der Waals surface area contributed by atoms with Gasteiger partial charge in [0.15, 0.2) is 0 Å². The molecule has 0 fully saturated rings. The number of rotatable bonds is 3. The SMILES string of the molecule is O=c1c2ccccc2nc(-c2ccccc2F)n1Cc1ccccc1F. The number of nitrogens with zero attached hydrogens (tertiary/aromatic N) is 2. The van der Waals surface area contributed by atoms with Crippen molar-refractivity contribution in [1.82, 2.24) is 9.55 Å². The molecule has 3 aromatic carbocycles. The Bertz CT molecular complexity index is 1170. The van der Waals surface area contributed by atoms with Crippen LogP contribution in [0.5, 0.6) is 0 Å². The highest BCUT2D eigenvalue weighted by Crippen LogP contribution is 2.23. The minimum atomic E-state index is -0.489. The van der Waals surface area contributed by atoms with Gasteiger partial charge in [0.2, 0.25) is 0 Å². The topological polar surface area (TPSA) is 34.9 Å². The van der Waals surface area contributed by atoms with E-state index in [9.17, 15) is 13.6 Å². The summed E-state index contributed by atoms with van der Waals surface area (Å²) in [6.45, 7) is -0.0347. The summed E-state index contributed by atoms with van der Waals surface area (Å²) < 4.78 is 29.8. The van der Waals surface area contributed by atoms with E-state index < -0.39 is 11.6 Å². The molecule has 0 saturated heterocycles. The Labute approximate surface area is 148 Å². The maximum absolute atomic E-state index is 14.4. The van der Waals surface area contributed by atoms with Crippen LogP contribution in [0, 0.1) is 11.6 Å². The zero-order valence-electron chi connectivity index (χ0n) is 13.7. The predicted octanol–water partition coefficient (Wildman–Crippen LogP) is 4.39. The van der Waals surface area contributed by atoms with Gasteiger partial charge in [-0.15, -0.1) is 0 Å². The van der Waals surface area contributed by atoms with Crippen molar-refractivity contribution in [3.05, 3.63) is 100 Å². The number of para-hydroxylation sites is 1. The van der Waals surface area contributed by atoms with Gasteiger partial charge in [-0.05, 0) is 30.3 Å². The second-order valence-electron chi connectivity index (χ2n) is 5.92. The molecule has 26 heavy (non-hydrogen) atoms. The lowest BCUT2D eigenvalue weighted by Gasteiger charge is -2.14. The normalized spacial score (nSPS) is 11.0. The third kappa shape index (κ3) is 2.77. The third-order valence-corrected chi connectivity index (χ3v) is 4.26. The Morgan fingerprint density at radius 1 is 0.808 bits per heavy atom. The van der Waals surface area contributed by atoms with Crippen molar-refractivity contribution in [1.29, 1.82) is 0 Å². The van der Waals surface area contributed by atoms with E-state index in [1.165, 1.54) is 16.7 Å². The number of fused-ring (bicyclic) bond motifs is 1. The van der Waals surface area contributed by atoms with Crippen LogP contribution in [-0.2, 0) is 6.54 Å². The van der Waals surface area contributed by atoms with Crippen LogP contribution in [0.15, 0.2) is 77.6 Å². The molecule has 1 heterocycles. The average Bonchev–Trinajstić information content (AvgIpc) is 2.66. The van der Waals surface area contributed by atoms with Crippen molar-refractivity contribution in [2.45, 2.75) is 6.54 Å². The van der Waals surface area contributed by atoms with E-state index >= 15 is 0 Å². The molecule has 0 N–H and O–H groups in total. The quantitative estimate of drug-likeness (QED) is 0.550. The molecule has 0 bridgehead atoms. The average molecular weight is 348 g/mol. The maximum atomic E-state index is 14.4. The van der Waals surface area contributed by atoms with Crippen LogP contribution in [0.3, 0.4) is 0 Å². The Hall–Kier alpha value is -3.34. The van der Waals surface area contributed by atoms with Gasteiger partial charge in [-0.1, -0.05) is 42.5 Å². The summed E-state index contributed by atoms with van der Waals surface area (Å²) in [7, 11) is 0. The molecule has 3 nitrogen and oxygen atoms in total. The lowest BCUT2D eigenvalue weighted by atomic mass is 10.1. The fourth-order valence-corrected chi connectivity index (χ4v) is 2.96. The Kier molecular flexibility index (Phi) is 4.05. The van der Waals surface area contributed by atoms with E-state index in [0.29, 0.717) is 16.5 Å². The highest BCUT2D eigenvalue weighted by atomic mass is 19.1. The summed E-state index contributed by atoms with van der Waals surface area (Å²) in [6.07, 6.45) is 0. The Morgan fingerprint density at radius 3 is 2.23 bits per heavy atom. The van der Waals surface area contributed by atoms with Gasteiger partial charge in [0.25, 0.3) is 5.56 Å². The first-order valence-electron chi connectivity index (χ1n) is 8.13. The van der Waals surface area contributed by atoms with Crippen LogP contribution >= 0.6 is 0 Å². The molecular formula is C21H14F2N2O. The molecule has 0 amide bonds. The maximum Gasteiger partial charge on any atom is 0.261 e. The minimum absolute atomic E-state index is 0.0347. The van der Waals surface area contributed by atoms with Gasteiger partial charge >= 0.3 is 0 Å². The Morgan fingerprint density at radius 2 is 1.46 bits per heavy atom. The van der Waals surface area contributed by atoms with E-state index in [2.05, 4.69) is 4.98 Å². The molecule has 1 aromatic heterocycles. The molecule has 0 aliphatic rings. The van der Waals surface area contributed by atoms with Crippen LogP contribution in [0.25, 0.3) is 22.3 Å². The number of hydrogen-bond donors (Lipinski definition) is 0. The lowest BCUT2D eigenvalue weighted by molar-refractivity contribution is 0.594. The second-order valence-corrected chi connectivity index (χ2v) is 5.92. The van der Waals surface area contributed by atoms with Gasteiger partial charge < -0.3 is 0 Å². The molecule has 0 unspecified atom stereocenters. The van der Waals surface area contributed by atoms with E-state index in [0.717, 1.165) is 0 Å². The molecule has 5 heteroatoms.